The van der Waals surface area contributed by atoms with Crippen LogP contribution in [0.25, 0.3) is 0 Å². The van der Waals surface area contributed by atoms with Crippen molar-refractivity contribution in [3.63, 3.8) is 0 Å². The molecular formula is C16H23N9. The van der Waals surface area contributed by atoms with Crippen molar-refractivity contribution in [1.82, 2.24) is 44.8 Å². The standard InChI is InChI=1S/C16H23N9/c1-13-17-8-10-23(13)9-7-16-19-20-22-25(16)12-14-11-24(21-18-14)15-5-3-2-4-6-15/h8,10-11,15H,2-7,9,12H2,1H3. The van der Waals surface area contributed by atoms with Crippen LogP contribution in [0.4, 0.5) is 0 Å². The highest BCUT2D eigenvalue weighted by Crippen LogP contribution is 2.27. The van der Waals surface area contributed by atoms with E-state index in [0.717, 1.165) is 30.3 Å². The Morgan fingerprint density at radius 2 is 2.00 bits per heavy atom. The zero-order valence-electron chi connectivity index (χ0n) is 14.5. The Morgan fingerprint density at radius 1 is 1.12 bits per heavy atom. The van der Waals surface area contributed by atoms with Crippen LogP contribution in [-0.2, 0) is 19.5 Å². The molecule has 0 amide bonds. The minimum atomic E-state index is 0.493. The van der Waals surface area contributed by atoms with Gasteiger partial charge in [-0.2, -0.15) is 0 Å². The lowest BCUT2D eigenvalue weighted by Crippen LogP contribution is -2.13. The van der Waals surface area contributed by atoms with Crippen LogP contribution in [0, 0.1) is 6.92 Å². The zero-order valence-corrected chi connectivity index (χ0v) is 14.5. The maximum absolute atomic E-state index is 4.32. The monoisotopic (exact) mass is 341 g/mol. The molecule has 9 nitrogen and oxygen atoms in total. The third kappa shape index (κ3) is 3.59. The fraction of sp³-hybridized carbons (Fsp3) is 0.625. The van der Waals surface area contributed by atoms with Gasteiger partial charge in [0.2, 0.25) is 0 Å². The molecule has 0 radical (unpaired) electrons. The average molecular weight is 341 g/mol. The van der Waals surface area contributed by atoms with E-state index in [9.17, 15) is 0 Å². The molecule has 3 heterocycles. The molecule has 0 N–H and O–H groups in total. The predicted molar refractivity (Wildman–Crippen MR) is 89.7 cm³/mol. The number of hydrogen-bond acceptors (Lipinski definition) is 6. The van der Waals surface area contributed by atoms with Gasteiger partial charge in [-0.15, -0.1) is 10.2 Å². The summed E-state index contributed by atoms with van der Waals surface area (Å²) in [5, 5.41) is 20.7. The van der Waals surface area contributed by atoms with Crippen LogP contribution in [0.1, 0.15) is 55.5 Å². The third-order valence-electron chi connectivity index (χ3n) is 4.92. The minimum absolute atomic E-state index is 0.493. The lowest BCUT2D eigenvalue weighted by molar-refractivity contribution is 0.324. The number of aromatic nitrogens is 9. The Morgan fingerprint density at radius 3 is 2.80 bits per heavy atom. The highest BCUT2D eigenvalue weighted by molar-refractivity contribution is 4.97. The number of rotatable bonds is 6. The number of aryl methyl sites for hydroxylation is 3. The summed E-state index contributed by atoms with van der Waals surface area (Å²) in [6, 6.07) is 0.493. The van der Waals surface area contributed by atoms with Crippen molar-refractivity contribution < 1.29 is 0 Å². The van der Waals surface area contributed by atoms with Crippen molar-refractivity contribution in [3.8, 4) is 0 Å². The van der Waals surface area contributed by atoms with Crippen molar-refractivity contribution >= 4 is 0 Å². The normalized spacial score (nSPS) is 15.7. The van der Waals surface area contributed by atoms with Crippen molar-refractivity contribution in [2.24, 2.45) is 0 Å². The molecule has 1 aliphatic rings. The average Bonchev–Trinajstić information content (AvgIpc) is 3.36. The van der Waals surface area contributed by atoms with E-state index in [-0.39, 0.29) is 0 Å². The van der Waals surface area contributed by atoms with E-state index in [1.54, 1.807) is 0 Å². The molecule has 9 heteroatoms. The quantitative estimate of drug-likeness (QED) is 0.676. The molecule has 3 aromatic rings. The summed E-state index contributed by atoms with van der Waals surface area (Å²) in [7, 11) is 0. The van der Waals surface area contributed by atoms with Crippen LogP contribution in [0.2, 0.25) is 0 Å². The van der Waals surface area contributed by atoms with Gasteiger partial charge < -0.3 is 4.57 Å². The van der Waals surface area contributed by atoms with Gasteiger partial charge in [0, 0.05) is 25.4 Å². The highest BCUT2D eigenvalue weighted by Gasteiger charge is 2.17. The molecule has 0 spiro atoms. The summed E-state index contributed by atoms with van der Waals surface area (Å²) >= 11 is 0. The van der Waals surface area contributed by atoms with E-state index < -0.39 is 0 Å². The molecule has 25 heavy (non-hydrogen) atoms. The second-order valence-corrected chi connectivity index (χ2v) is 6.65. The summed E-state index contributed by atoms with van der Waals surface area (Å²) in [5.74, 6) is 1.84. The molecule has 0 aromatic carbocycles. The first-order chi connectivity index (χ1) is 12.3. The van der Waals surface area contributed by atoms with Gasteiger partial charge >= 0.3 is 0 Å². The van der Waals surface area contributed by atoms with Crippen LogP contribution in [0.3, 0.4) is 0 Å². The van der Waals surface area contributed by atoms with Crippen molar-refractivity contribution in [3.05, 3.63) is 35.9 Å². The second kappa shape index (κ2) is 7.12. The Kier molecular flexibility index (Phi) is 4.53. The summed E-state index contributed by atoms with van der Waals surface area (Å²) < 4.78 is 5.92. The fourth-order valence-electron chi connectivity index (χ4n) is 3.45. The molecule has 0 bridgehead atoms. The molecule has 132 valence electrons. The Labute approximate surface area is 146 Å². The van der Waals surface area contributed by atoms with Crippen molar-refractivity contribution in [2.75, 3.05) is 0 Å². The lowest BCUT2D eigenvalue weighted by atomic mass is 9.96. The summed E-state index contributed by atoms with van der Waals surface area (Å²) in [4.78, 5) is 4.24. The van der Waals surface area contributed by atoms with Gasteiger partial charge in [0.05, 0.1) is 18.8 Å². The first-order valence-corrected chi connectivity index (χ1v) is 8.93. The molecule has 1 aliphatic carbocycles. The van der Waals surface area contributed by atoms with E-state index in [1.165, 1.54) is 32.1 Å². The smallest absolute Gasteiger partial charge is 0.153 e. The van der Waals surface area contributed by atoms with Gasteiger partial charge in [-0.25, -0.2) is 14.3 Å². The Balaban J connectivity index is 1.41. The SMILES string of the molecule is Cc1nccn1CCc1nnnn1Cc1cn(C2CCCCC2)nn1. The molecule has 0 atom stereocenters. The maximum atomic E-state index is 4.32. The van der Waals surface area contributed by atoms with Gasteiger partial charge in [-0.1, -0.05) is 24.5 Å². The van der Waals surface area contributed by atoms with Crippen LogP contribution >= 0.6 is 0 Å². The fourth-order valence-corrected chi connectivity index (χ4v) is 3.45. The lowest BCUT2D eigenvalue weighted by Gasteiger charge is -2.20. The number of nitrogens with zero attached hydrogens (tertiary/aromatic N) is 9. The van der Waals surface area contributed by atoms with Gasteiger partial charge in [0.1, 0.15) is 11.5 Å². The molecule has 1 fully saturated rings. The largest absolute Gasteiger partial charge is 0.335 e. The predicted octanol–water partition coefficient (Wildman–Crippen LogP) is 1.57. The second-order valence-electron chi connectivity index (χ2n) is 6.65. The van der Waals surface area contributed by atoms with Crippen molar-refractivity contribution in [1.29, 1.82) is 0 Å². The van der Waals surface area contributed by atoms with Crippen LogP contribution in [-0.4, -0.2) is 44.8 Å². The number of tetrazole rings is 1. The van der Waals surface area contributed by atoms with Gasteiger partial charge in [0.25, 0.3) is 0 Å². The van der Waals surface area contributed by atoms with Gasteiger partial charge in [0.15, 0.2) is 5.82 Å². The summed E-state index contributed by atoms with van der Waals surface area (Å²) in [6.45, 7) is 3.35. The van der Waals surface area contributed by atoms with Gasteiger partial charge in [-0.3, -0.25) is 0 Å². The van der Waals surface area contributed by atoms with Crippen molar-refractivity contribution in [2.45, 2.75) is 64.6 Å². The highest BCUT2D eigenvalue weighted by atomic mass is 15.5. The van der Waals surface area contributed by atoms with Gasteiger partial charge in [-0.05, 0) is 30.2 Å². The van der Waals surface area contributed by atoms with E-state index in [2.05, 4.69) is 35.4 Å². The van der Waals surface area contributed by atoms with E-state index >= 15 is 0 Å². The topological polar surface area (TPSA) is 92.1 Å². The van der Waals surface area contributed by atoms with E-state index in [1.807, 2.05) is 34.9 Å². The molecule has 0 aliphatic heterocycles. The molecule has 0 saturated heterocycles. The van der Waals surface area contributed by atoms with Crippen LogP contribution in [0.15, 0.2) is 18.6 Å². The first kappa shape index (κ1) is 15.9. The van der Waals surface area contributed by atoms with Crippen LogP contribution < -0.4 is 0 Å². The number of hydrogen-bond donors (Lipinski definition) is 0. The molecule has 3 aromatic heterocycles. The minimum Gasteiger partial charge on any atom is -0.335 e. The molecule has 4 rings (SSSR count). The third-order valence-corrected chi connectivity index (χ3v) is 4.92. The molecule has 1 saturated carbocycles. The zero-order chi connectivity index (χ0) is 17.1. The number of imidazole rings is 1. The summed E-state index contributed by atoms with van der Waals surface area (Å²) in [5.41, 5.74) is 0.901. The Hall–Kier alpha value is -2.58. The molecule has 0 unspecified atom stereocenters. The Bertz CT molecular complexity index is 809. The maximum Gasteiger partial charge on any atom is 0.153 e. The van der Waals surface area contributed by atoms with E-state index in [0.29, 0.717) is 12.6 Å². The first-order valence-electron chi connectivity index (χ1n) is 8.93. The van der Waals surface area contributed by atoms with E-state index in [4.69, 9.17) is 0 Å². The molecular weight excluding hydrogens is 318 g/mol. The summed E-state index contributed by atoms with van der Waals surface area (Å²) in [6.07, 6.45) is 12.9. The van der Waals surface area contributed by atoms with Crippen LogP contribution in [0.5, 0.6) is 0 Å².